The van der Waals surface area contributed by atoms with Gasteiger partial charge < -0.3 is 9.64 Å². The molecule has 0 aromatic rings. The Hall–Kier alpha value is -1.58. The van der Waals surface area contributed by atoms with E-state index in [4.69, 9.17) is 4.74 Å². The summed E-state index contributed by atoms with van der Waals surface area (Å²) in [7, 11) is 1.41. The first kappa shape index (κ1) is 17.8. The number of carbonyl (C=O) groups excluding carboxylic acids is 2. The summed E-state index contributed by atoms with van der Waals surface area (Å²) in [6.45, 7) is 8.37. The van der Waals surface area contributed by atoms with Crippen LogP contribution in [0.1, 0.15) is 58.8 Å². The molecule has 0 aromatic heterocycles. The molecule has 0 aliphatic carbocycles. The fourth-order valence-electron chi connectivity index (χ4n) is 3.96. The van der Waals surface area contributed by atoms with Crippen molar-refractivity contribution >= 4 is 11.9 Å². The van der Waals surface area contributed by atoms with Crippen molar-refractivity contribution in [2.45, 2.75) is 64.8 Å². The fraction of sp³-hybridized carbons (Fsp3) is 0.684. The van der Waals surface area contributed by atoms with Crippen LogP contribution in [0.25, 0.3) is 0 Å². The van der Waals surface area contributed by atoms with Crippen LogP contribution >= 0.6 is 0 Å². The van der Waals surface area contributed by atoms with Crippen molar-refractivity contribution in [1.29, 1.82) is 0 Å². The van der Waals surface area contributed by atoms with E-state index in [1.54, 1.807) is 0 Å². The van der Waals surface area contributed by atoms with Gasteiger partial charge in [-0.25, -0.2) is 0 Å². The highest BCUT2D eigenvalue weighted by Crippen LogP contribution is 2.41. The molecule has 0 radical (unpaired) electrons. The van der Waals surface area contributed by atoms with Gasteiger partial charge in [-0.05, 0) is 49.5 Å². The van der Waals surface area contributed by atoms with E-state index in [1.807, 2.05) is 11.0 Å². The molecule has 128 valence electrons. The lowest BCUT2D eigenvalue weighted by atomic mass is 9.92. The van der Waals surface area contributed by atoms with Crippen LogP contribution in [-0.4, -0.2) is 29.9 Å². The zero-order chi connectivity index (χ0) is 17.0. The maximum Gasteiger partial charge on any atom is 0.305 e. The van der Waals surface area contributed by atoms with E-state index in [0.29, 0.717) is 25.2 Å². The lowest BCUT2D eigenvalue weighted by molar-refractivity contribution is -0.140. The minimum Gasteiger partial charge on any atom is -0.469 e. The van der Waals surface area contributed by atoms with Crippen LogP contribution in [0.2, 0.25) is 0 Å². The SMILES string of the molecule is C=C[C@@H](CCC(=O)OC)[C@@H]1CCC2=C(C(C)C)CCCC(=O)N21. The summed E-state index contributed by atoms with van der Waals surface area (Å²) >= 11 is 0. The van der Waals surface area contributed by atoms with Crippen molar-refractivity contribution in [3.63, 3.8) is 0 Å². The van der Waals surface area contributed by atoms with Crippen LogP contribution in [0.5, 0.6) is 0 Å². The molecular formula is C19H29NO3. The second-order valence-electron chi connectivity index (χ2n) is 6.86. The van der Waals surface area contributed by atoms with Gasteiger partial charge in [0.25, 0.3) is 0 Å². The van der Waals surface area contributed by atoms with Crippen molar-refractivity contribution in [2.24, 2.45) is 11.8 Å². The van der Waals surface area contributed by atoms with Crippen molar-refractivity contribution in [1.82, 2.24) is 4.90 Å². The highest BCUT2D eigenvalue weighted by atomic mass is 16.5. The number of methoxy groups -OCH3 is 1. The fourth-order valence-corrected chi connectivity index (χ4v) is 3.96. The normalized spacial score (nSPS) is 22.9. The van der Waals surface area contributed by atoms with Crippen LogP contribution in [0.15, 0.2) is 23.9 Å². The number of fused-ring (bicyclic) bond motifs is 1. The summed E-state index contributed by atoms with van der Waals surface area (Å²) in [6, 6.07) is 0.145. The predicted molar refractivity (Wildman–Crippen MR) is 90.5 cm³/mol. The Kier molecular flexibility index (Phi) is 6.03. The number of esters is 1. The molecule has 2 rings (SSSR count). The number of carbonyl (C=O) groups is 2. The summed E-state index contributed by atoms with van der Waals surface area (Å²) in [5.74, 6) is 0.662. The van der Waals surface area contributed by atoms with Crippen LogP contribution in [0.4, 0.5) is 0 Å². The first-order valence-corrected chi connectivity index (χ1v) is 8.73. The third-order valence-electron chi connectivity index (χ3n) is 5.18. The van der Waals surface area contributed by atoms with E-state index in [9.17, 15) is 9.59 Å². The van der Waals surface area contributed by atoms with Crippen molar-refractivity contribution in [3.8, 4) is 0 Å². The zero-order valence-electron chi connectivity index (χ0n) is 14.6. The topological polar surface area (TPSA) is 46.6 Å². The summed E-state index contributed by atoms with van der Waals surface area (Å²) < 4.78 is 4.74. The quantitative estimate of drug-likeness (QED) is 0.552. The van der Waals surface area contributed by atoms with E-state index in [2.05, 4.69) is 20.4 Å². The molecule has 2 heterocycles. The second-order valence-corrected chi connectivity index (χ2v) is 6.86. The van der Waals surface area contributed by atoms with Gasteiger partial charge in [-0.15, -0.1) is 6.58 Å². The maximum absolute atomic E-state index is 12.7. The van der Waals surface area contributed by atoms with E-state index < -0.39 is 0 Å². The number of nitrogens with zero attached hydrogens (tertiary/aromatic N) is 1. The standard InChI is InChI=1S/C19H29NO3/c1-5-14(9-12-19(22)23-4)16-10-11-17-15(13(2)3)7-6-8-18(21)20(16)17/h5,13-14,16H,1,6-12H2,2-4H3/t14-,16-/m0/s1. The Balaban J connectivity index is 2.23. The van der Waals surface area contributed by atoms with Crippen molar-refractivity contribution < 1.29 is 14.3 Å². The van der Waals surface area contributed by atoms with E-state index in [-0.39, 0.29) is 23.8 Å². The smallest absolute Gasteiger partial charge is 0.305 e. The van der Waals surface area contributed by atoms with E-state index in [1.165, 1.54) is 18.4 Å². The van der Waals surface area contributed by atoms with Gasteiger partial charge in [-0.3, -0.25) is 9.59 Å². The van der Waals surface area contributed by atoms with Crippen LogP contribution < -0.4 is 0 Å². The second kappa shape index (κ2) is 7.80. The molecule has 1 amide bonds. The Labute approximate surface area is 139 Å². The molecule has 23 heavy (non-hydrogen) atoms. The van der Waals surface area contributed by atoms with Gasteiger partial charge in [0, 0.05) is 24.6 Å². The van der Waals surface area contributed by atoms with Gasteiger partial charge in [0.05, 0.1) is 7.11 Å². The Bertz CT molecular complexity index is 507. The average molecular weight is 319 g/mol. The summed E-state index contributed by atoms with van der Waals surface area (Å²) in [5.41, 5.74) is 2.69. The van der Waals surface area contributed by atoms with E-state index >= 15 is 0 Å². The molecule has 0 bridgehead atoms. The molecule has 0 N–H and O–H groups in total. The third kappa shape index (κ3) is 3.85. The third-order valence-corrected chi connectivity index (χ3v) is 5.18. The van der Waals surface area contributed by atoms with E-state index in [0.717, 1.165) is 25.7 Å². The van der Waals surface area contributed by atoms with Crippen LogP contribution in [0, 0.1) is 11.8 Å². The maximum atomic E-state index is 12.7. The van der Waals surface area contributed by atoms with Gasteiger partial charge in [0.2, 0.25) is 5.91 Å². The average Bonchev–Trinajstić information content (AvgIpc) is 2.88. The van der Waals surface area contributed by atoms with Gasteiger partial charge in [-0.1, -0.05) is 19.9 Å². The van der Waals surface area contributed by atoms with Crippen LogP contribution in [0.3, 0.4) is 0 Å². The number of rotatable bonds is 6. The Morgan fingerprint density at radius 2 is 2.13 bits per heavy atom. The molecule has 0 unspecified atom stereocenters. The summed E-state index contributed by atoms with van der Waals surface area (Å²) in [4.78, 5) is 26.1. The molecule has 0 saturated carbocycles. The number of hydrogen-bond acceptors (Lipinski definition) is 3. The van der Waals surface area contributed by atoms with Crippen LogP contribution in [-0.2, 0) is 14.3 Å². The minimum atomic E-state index is -0.198. The van der Waals surface area contributed by atoms with Gasteiger partial charge in [0.1, 0.15) is 0 Å². The number of hydrogen-bond donors (Lipinski definition) is 0. The van der Waals surface area contributed by atoms with Gasteiger partial charge in [-0.2, -0.15) is 0 Å². The molecule has 2 aliphatic heterocycles. The molecule has 0 aromatic carbocycles. The number of allylic oxidation sites excluding steroid dienone is 2. The summed E-state index contributed by atoms with van der Waals surface area (Å²) in [5, 5.41) is 0. The lowest BCUT2D eigenvalue weighted by Crippen LogP contribution is -2.38. The van der Waals surface area contributed by atoms with Gasteiger partial charge in [0.15, 0.2) is 0 Å². The molecule has 4 nitrogen and oxygen atoms in total. The van der Waals surface area contributed by atoms with Crippen molar-refractivity contribution in [2.75, 3.05) is 7.11 Å². The first-order chi connectivity index (χ1) is 11.0. The Morgan fingerprint density at radius 3 is 2.74 bits per heavy atom. The predicted octanol–water partition coefficient (Wildman–Crippen LogP) is 3.83. The molecule has 4 heteroatoms. The van der Waals surface area contributed by atoms with Crippen molar-refractivity contribution in [3.05, 3.63) is 23.9 Å². The highest BCUT2D eigenvalue weighted by Gasteiger charge is 2.39. The molecule has 2 atom stereocenters. The number of ether oxygens (including phenoxy) is 1. The monoisotopic (exact) mass is 319 g/mol. The molecule has 0 spiro atoms. The largest absolute Gasteiger partial charge is 0.469 e. The molecule has 1 fully saturated rings. The highest BCUT2D eigenvalue weighted by molar-refractivity contribution is 5.80. The lowest BCUT2D eigenvalue weighted by Gasteiger charge is -2.31. The summed E-state index contributed by atoms with van der Waals surface area (Å²) in [6.07, 6.45) is 7.50. The minimum absolute atomic E-state index is 0.141. The van der Waals surface area contributed by atoms with Gasteiger partial charge >= 0.3 is 5.97 Å². The molecular weight excluding hydrogens is 290 g/mol. The zero-order valence-corrected chi connectivity index (χ0v) is 14.6. The Morgan fingerprint density at radius 1 is 1.39 bits per heavy atom. The number of amides is 1. The molecule has 2 aliphatic rings. The first-order valence-electron chi connectivity index (χ1n) is 8.73. The molecule has 1 saturated heterocycles.